The van der Waals surface area contributed by atoms with Crippen molar-refractivity contribution >= 4 is 50.9 Å². The fraction of sp³-hybridized carbons (Fsp3) is 0.185. The van der Waals surface area contributed by atoms with Gasteiger partial charge in [-0.15, -0.1) is 0 Å². The van der Waals surface area contributed by atoms with Crippen molar-refractivity contribution in [2.45, 2.75) is 18.2 Å². The van der Waals surface area contributed by atoms with Crippen LogP contribution in [-0.2, 0) is 20.9 Å². The van der Waals surface area contributed by atoms with E-state index in [-0.39, 0.29) is 17.7 Å². The van der Waals surface area contributed by atoms with Crippen molar-refractivity contribution in [1.82, 2.24) is 4.90 Å². The van der Waals surface area contributed by atoms with Crippen LogP contribution in [0.3, 0.4) is 0 Å². The third-order valence-electron chi connectivity index (χ3n) is 7.06. The van der Waals surface area contributed by atoms with Crippen LogP contribution in [-0.4, -0.2) is 33.9 Å². The van der Waals surface area contributed by atoms with Crippen LogP contribution < -0.4 is 0 Å². The van der Waals surface area contributed by atoms with Crippen LogP contribution in [0, 0.1) is 11.8 Å². The molecule has 0 saturated carbocycles. The molecule has 2 saturated heterocycles. The molecule has 2 heterocycles. The van der Waals surface area contributed by atoms with Crippen LogP contribution in [0.1, 0.15) is 37.9 Å². The van der Waals surface area contributed by atoms with E-state index >= 15 is 0 Å². The maximum atomic E-state index is 13.8. The molecular formula is C27H17BrClNO5. The van der Waals surface area contributed by atoms with Gasteiger partial charge >= 0.3 is 0 Å². The van der Waals surface area contributed by atoms with Crippen LogP contribution in [0.2, 0.25) is 5.02 Å². The predicted octanol–water partition coefficient (Wildman–Crippen LogP) is 4.79. The van der Waals surface area contributed by atoms with E-state index in [0.717, 1.165) is 9.37 Å². The summed E-state index contributed by atoms with van der Waals surface area (Å²) in [6, 6.07) is 20.4. The minimum atomic E-state index is -2.06. The zero-order valence-electron chi connectivity index (χ0n) is 18.1. The monoisotopic (exact) mass is 549 g/mol. The van der Waals surface area contributed by atoms with Crippen molar-refractivity contribution in [1.29, 1.82) is 0 Å². The van der Waals surface area contributed by atoms with E-state index in [1.165, 1.54) is 0 Å². The van der Waals surface area contributed by atoms with E-state index < -0.39 is 46.9 Å². The summed E-state index contributed by atoms with van der Waals surface area (Å²) in [4.78, 5) is 56.1. The average Bonchev–Trinajstić information content (AvgIpc) is 3.42. The SMILES string of the molecule is O=C1[C@@H]2[C@@H](c3ccc(Br)cc3)OC3(C(=O)c4ccccc4C3=O)[C@@H]2C(=O)N1Cc1ccc(Cl)cc1. The highest BCUT2D eigenvalue weighted by Gasteiger charge is 2.74. The molecular weight excluding hydrogens is 534 g/mol. The van der Waals surface area contributed by atoms with Crippen molar-refractivity contribution < 1.29 is 23.9 Å². The summed E-state index contributed by atoms with van der Waals surface area (Å²) in [6.07, 6.45) is -0.929. The molecule has 2 amide bonds. The molecule has 3 atom stereocenters. The summed E-state index contributed by atoms with van der Waals surface area (Å²) in [7, 11) is 0. The van der Waals surface area contributed by atoms with Crippen LogP contribution in [0.15, 0.2) is 77.3 Å². The Morgan fingerprint density at radius 1 is 0.829 bits per heavy atom. The number of imide groups is 1. The van der Waals surface area contributed by atoms with E-state index in [9.17, 15) is 19.2 Å². The number of likely N-dealkylation sites (tertiary alicyclic amines) is 1. The standard InChI is InChI=1S/C27H17BrClNO5/c28-16-9-7-15(8-10-16)22-20-21(26(34)30(25(20)33)13-14-5-11-17(29)12-6-14)27(35-22)23(31)18-3-1-2-4-19(18)24(27)32/h1-12,20-22H,13H2/t20-,21-,22+/m0/s1. The normalized spacial score (nSPS) is 24.4. The third kappa shape index (κ3) is 3.12. The summed E-state index contributed by atoms with van der Waals surface area (Å²) < 4.78 is 7.09. The van der Waals surface area contributed by atoms with Gasteiger partial charge in [-0.05, 0) is 35.4 Å². The Morgan fingerprint density at radius 3 is 2.03 bits per heavy atom. The van der Waals surface area contributed by atoms with Gasteiger partial charge in [-0.2, -0.15) is 0 Å². The van der Waals surface area contributed by atoms with Gasteiger partial charge in [0.15, 0.2) is 0 Å². The Kier molecular flexibility index (Phi) is 5.07. The molecule has 6 rings (SSSR count). The number of benzene rings is 3. The lowest BCUT2D eigenvalue weighted by Crippen LogP contribution is -2.50. The van der Waals surface area contributed by atoms with Gasteiger partial charge in [0.25, 0.3) is 0 Å². The Labute approximate surface area is 214 Å². The van der Waals surface area contributed by atoms with Gasteiger partial charge in [-0.3, -0.25) is 24.1 Å². The molecule has 35 heavy (non-hydrogen) atoms. The van der Waals surface area contributed by atoms with Crippen molar-refractivity contribution in [2.24, 2.45) is 11.8 Å². The van der Waals surface area contributed by atoms with Crippen molar-refractivity contribution in [2.75, 3.05) is 0 Å². The highest BCUT2D eigenvalue weighted by atomic mass is 79.9. The van der Waals surface area contributed by atoms with Crippen molar-refractivity contribution in [3.8, 4) is 0 Å². The number of nitrogens with zero attached hydrogens (tertiary/aromatic N) is 1. The second kappa shape index (κ2) is 7.95. The number of fused-ring (bicyclic) bond motifs is 3. The smallest absolute Gasteiger partial charge is 0.237 e. The number of hydrogen-bond donors (Lipinski definition) is 0. The van der Waals surface area contributed by atoms with E-state index in [2.05, 4.69) is 15.9 Å². The van der Waals surface area contributed by atoms with Gasteiger partial charge in [0.05, 0.1) is 24.5 Å². The minimum absolute atomic E-state index is 0.0142. The Balaban J connectivity index is 1.48. The lowest BCUT2D eigenvalue weighted by molar-refractivity contribution is -0.145. The molecule has 3 aromatic carbocycles. The highest BCUT2D eigenvalue weighted by Crippen LogP contribution is 2.57. The second-order valence-electron chi connectivity index (χ2n) is 8.92. The first-order valence-electron chi connectivity index (χ1n) is 11.0. The fourth-order valence-electron chi connectivity index (χ4n) is 5.46. The maximum absolute atomic E-state index is 13.8. The molecule has 3 aliphatic rings. The molecule has 1 spiro atoms. The molecule has 3 aromatic rings. The Hall–Kier alpha value is -3.13. The van der Waals surface area contributed by atoms with E-state index in [4.69, 9.17) is 16.3 Å². The zero-order chi connectivity index (χ0) is 24.5. The van der Waals surface area contributed by atoms with Gasteiger partial charge in [0, 0.05) is 20.6 Å². The number of ether oxygens (including phenoxy) is 1. The largest absolute Gasteiger partial charge is 0.349 e. The topological polar surface area (TPSA) is 80.8 Å². The first kappa shape index (κ1) is 22.3. The second-order valence-corrected chi connectivity index (χ2v) is 10.3. The van der Waals surface area contributed by atoms with Gasteiger partial charge in [0.2, 0.25) is 29.0 Å². The lowest BCUT2D eigenvalue weighted by atomic mass is 9.77. The number of rotatable bonds is 3. The summed E-state index contributed by atoms with van der Waals surface area (Å²) >= 11 is 9.37. The summed E-state index contributed by atoms with van der Waals surface area (Å²) in [5.41, 5.74) is -0.314. The number of carbonyl (C=O) groups is 4. The number of carbonyl (C=O) groups excluding carboxylic acids is 4. The molecule has 1 aliphatic carbocycles. The fourth-order valence-corrected chi connectivity index (χ4v) is 5.85. The quantitative estimate of drug-likeness (QED) is 0.346. The number of ketones is 2. The van der Waals surface area contributed by atoms with Crippen molar-refractivity contribution in [3.05, 3.63) is 105 Å². The molecule has 0 radical (unpaired) electrons. The number of halogens is 2. The summed E-state index contributed by atoms with van der Waals surface area (Å²) in [5.74, 6) is -4.42. The molecule has 0 bridgehead atoms. The third-order valence-corrected chi connectivity index (χ3v) is 7.84. The number of hydrogen-bond acceptors (Lipinski definition) is 5. The molecule has 6 nitrogen and oxygen atoms in total. The Morgan fingerprint density at radius 2 is 1.43 bits per heavy atom. The first-order valence-corrected chi connectivity index (χ1v) is 12.2. The molecule has 2 aliphatic heterocycles. The van der Waals surface area contributed by atoms with Gasteiger partial charge < -0.3 is 4.74 Å². The van der Waals surface area contributed by atoms with Gasteiger partial charge in [-0.1, -0.05) is 76.1 Å². The van der Waals surface area contributed by atoms with Crippen LogP contribution in [0.25, 0.3) is 0 Å². The molecule has 2 fully saturated rings. The lowest BCUT2D eigenvalue weighted by Gasteiger charge is -2.27. The van der Waals surface area contributed by atoms with Crippen molar-refractivity contribution in [3.63, 3.8) is 0 Å². The van der Waals surface area contributed by atoms with E-state index in [0.29, 0.717) is 16.1 Å². The van der Waals surface area contributed by atoms with E-state index in [1.54, 1.807) is 72.8 Å². The number of Topliss-reactive ketones (excluding diaryl/α,β-unsaturated/α-hetero) is 2. The maximum Gasteiger partial charge on any atom is 0.237 e. The predicted molar refractivity (Wildman–Crippen MR) is 130 cm³/mol. The molecule has 0 N–H and O–H groups in total. The first-order chi connectivity index (χ1) is 16.8. The number of amides is 2. The average molecular weight is 551 g/mol. The summed E-state index contributed by atoms with van der Waals surface area (Å²) in [5, 5.41) is 0.535. The summed E-state index contributed by atoms with van der Waals surface area (Å²) in [6.45, 7) is 0.0142. The Bertz CT molecular complexity index is 1380. The van der Waals surface area contributed by atoms with Crippen LogP contribution in [0.5, 0.6) is 0 Å². The van der Waals surface area contributed by atoms with Gasteiger partial charge in [-0.25, -0.2) is 0 Å². The molecule has 8 heteroatoms. The highest BCUT2D eigenvalue weighted by molar-refractivity contribution is 9.10. The van der Waals surface area contributed by atoms with E-state index in [1.807, 2.05) is 0 Å². The molecule has 0 unspecified atom stereocenters. The molecule has 0 aromatic heterocycles. The van der Waals surface area contributed by atoms with Gasteiger partial charge in [0.1, 0.15) is 0 Å². The molecule has 174 valence electrons. The minimum Gasteiger partial charge on any atom is -0.349 e. The van der Waals surface area contributed by atoms with Crippen LogP contribution >= 0.6 is 27.5 Å². The zero-order valence-corrected chi connectivity index (χ0v) is 20.5. The van der Waals surface area contributed by atoms with Crippen LogP contribution in [0.4, 0.5) is 0 Å².